The Morgan fingerprint density at radius 1 is 1.38 bits per heavy atom. The fourth-order valence-corrected chi connectivity index (χ4v) is 4.19. The van der Waals surface area contributed by atoms with Crippen LogP contribution >= 0.6 is 11.8 Å². The Kier molecular flexibility index (Phi) is 4.31. The van der Waals surface area contributed by atoms with E-state index in [0.29, 0.717) is 11.6 Å². The number of aromatic nitrogens is 1. The standard InChI is InChI=1S/C17H19N3S/c1-2-21-14-8-7-13(9-14)20-17-12(10-18)11-19-16-6-4-3-5-15(16)17/h3-6,11,13-14H,2,7-9H2,1H3,(H,19,20). The Bertz CT molecular complexity index is 677. The number of hydrogen-bond acceptors (Lipinski definition) is 4. The molecule has 0 bridgehead atoms. The lowest BCUT2D eigenvalue weighted by atomic mass is 10.1. The predicted octanol–water partition coefficient (Wildman–Crippen LogP) is 4.19. The Hall–Kier alpha value is -1.73. The first-order valence-corrected chi connectivity index (χ1v) is 8.52. The quantitative estimate of drug-likeness (QED) is 0.919. The van der Waals surface area contributed by atoms with Gasteiger partial charge in [0.1, 0.15) is 6.07 Å². The van der Waals surface area contributed by atoms with Gasteiger partial charge in [0.05, 0.1) is 16.8 Å². The monoisotopic (exact) mass is 297 g/mol. The lowest BCUT2D eigenvalue weighted by molar-refractivity contribution is 0.757. The van der Waals surface area contributed by atoms with Crippen LogP contribution in [0.5, 0.6) is 0 Å². The summed E-state index contributed by atoms with van der Waals surface area (Å²) in [5.74, 6) is 1.18. The zero-order valence-corrected chi connectivity index (χ0v) is 13.0. The van der Waals surface area contributed by atoms with Crippen LogP contribution in [0.25, 0.3) is 10.9 Å². The normalized spacial score (nSPS) is 21.3. The first-order valence-electron chi connectivity index (χ1n) is 7.47. The van der Waals surface area contributed by atoms with Crippen molar-refractivity contribution in [2.24, 2.45) is 0 Å². The first-order chi connectivity index (χ1) is 10.3. The van der Waals surface area contributed by atoms with Crippen molar-refractivity contribution in [2.45, 2.75) is 37.5 Å². The van der Waals surface area contributed by atoms with Crippen molar-refractivity contribution in [1.82, 2.24) is 4.98 Å². The van der Waals surface area contributed by atoms with Crippen LogP contribution in [-0.4, -0.2) is 22.0 Å². The molecule has 0 radical (unpaired) electrons. The number of nitriles is 1. The van der Waals surface area contributed by atoms with Gasteiger partial charge >= 0.3 is 0 Å². The van der Waals surface area contributed by atoms with Gasteiger partial charge in [0, 0.05) is 22.9 Å². The molecule has 1 aromatic carbocycles. The van der Waals surface area contributed by atoms with Gasteiger partial charge in [-0.25, -0.2) is 0 Å². The third-order valence-corrected chi connectivity index (χ3v) is 5.26. The molecule has 1 heterocycles. The van der Waals surface area contributed by atoms with E-state index in [4.69, 9.17) is 0 Å². The van der Waals surface area contributed by atoms with Crippen molar-refractivity contribution < 1.29 is 0 Å². The highest BCUT2D eigenvalue weighted by Crippen LogP contribution is 2.34. The lowest BCUT2D eigenvalue weighted by Crippen LogP contribution is -2.17. The molecule has 108 valence electrons. The van der Waals surface area contributed by atoms with Crippen molar-refractivity contribution >= 4 is 28.4 Å². The molecule has 1 N–H and O–H groups in total. The minimum Gasteiger partial charge on any atom is -0.381 e. The number of para-hydroxylation sites is 1. The summed E-state index contributed by atoms with van der Waals surface area (Å²) < 4.78 is 0. The van der Waals surface area contributed by atoms with Gasteiger partial charge < -0.3 is 5.32 Å². The molecule has 1 aliphatic rings. The minimum absolute atomic E-state index is 0.465. The van der Waals surface area contributed by atoms with E-state index in [1.807, 2.05) is 36.0 Å². The number of nitrogens with one attached hydrogen (secondary N) is 1. The van der Waals surface area contributed by atoms with Crippen LogP contribution in [0.3, 0.4) is 0 Å². The summed E-state index contributed by atoms with van der Waals surface area (Å²) in [6, 6.07) is 10.7. The molecular formula is C17H19N3S. The highest BCUT2D eigenvalue weighted by Gasteiger charge is 2.25. The van der Waals surface area contributed by atoms with Crippen LogP contribution in [0.2, 0.25) is 0 Å². The second-order valence-corrected chi connectivity index (χ2v) is 6.98. The van der Waals surface area contributed by atoms with Crippen molar-refractivity contribution in [3.05, 3.63) is 36.0 Å². The molecule has 0 spiro atoms. The third-order valence-electron chi connectivity index (χ3n) is 4.03. The minimum atomic E-state index is 0.465. The van der Waals surface area contributed by atoms with Crippen LogP contribution in [0.15, 0.2) is 30.5 Å². The summed E-state index contributed by atoms with van der Waals surface area (Å²) in [6.07, 6.45) is 5.30. The van der Waals surface area contributed by atoms with Gasteiger partial charge in [-0.2, -0.15) is 17.0 Å². The summed E-state index contributed by atoms with van der Waals surface area (Å²) in [7, 11) is 0. The van der Waals surface area contributed by atoms with Crippen molar-refractivity contribution in [3.8, 4) is 6.07 Å². The summed E-state index contributed by atoms with van der Waals surface area (Å²) in [6.45, 7) is 2.22. The Balaban J connectivity index is 1.88. The van der Waals surface area contributed by atoms with Gasteiger partial charge in [0.25, 0.3) is 0 Å². The van der Waals surface area contributed by atoms with E-state index >= 15 is 0 Å². The summed E-state index contributed by atoms with van der Waals surface area (Å²) in [4.78, 5) is 4.36. The zero-order valence-electron chi connectivity index (χ0n) is 12.2. The molecule has 1 aromatic heterocycles. The second kappa shape index (κ2) is 6.36. The molecule has 3 rings (SSSR count). The Labute approximate surface area is 129 Å². The maximum Gasteiger partial charge on any atom is 0.103 e. The maximum atomic E-state index is 9.35. The van der Waals surface area contributed by atoms with Gasteiger partial charge in [-0.15, -0.1) is 0 Å². The molecule has 2 atom stereocenters. The molecule has 4 heteroatoms. The van der Waals surface area contributed by atoms with Crippen LogP contribution in [-0.2, 0) is 0 Å². The van der Waals surface area contributed by atoms with Gasteiger partial charge in [-0.1, -0.05) is 25.1 Å². The van der Waals surface area contributed by atoms with E-state index in [9.17, 15) is 5.26 Å². The van der Waals surface area contributed by atoms with Gasteiger partial charge in [0.2, 0.25) is 0 Å². The number of pyridine rings is 1. The second-order valence-electron chi connectivity index (χ2n) is 5.41. The molecule has 21 heavy (non-hydrogen) atoms. The van der Waals surface area contributed by atoms with E-state index in [1.165, 1.54) is 25.0 Å². The number of anilines is 1. The smallest absolute Gasteiger partial charge is 0.103 e. The van der Waals surface area contributed by atoms with Crippen LogP contribution in [0.1, 0.15) is 31.7 Å². The van der Waals surface area contributed by atoms with Gasteiger partial charge in [0.15, 0.2) is 0 Å². The van der Waals surface area contributed by atoms with Gasteiger partial charge in [-0.3, -0.25) is 4.98 Å². The highest BCUT2D eigenvalue weighted by atomic mass is 32.2. The lowest BCUT2D eigenvalue weighted by Gasteiger charge is -2.17. The highest BCUT2D eigenvalue weighted by molar-refractivity contribution is 7.99. The molecule has 3 nitrogen and oxygen atoms in total. The Morgan fingerprint density at radius 3 is 3.05 bits per heavy atom. The number of benzene rings is 1. The first kappa shape index (κ1) is 14.2. The average molecular weight is 297 g/mol. The van der Waals surface area contributed by atoms with Crippen molar-refractivity contribution in [2.75, 3.05) is 11.1 Å². The van der Waals surface area contributed by atoms with E-state index in [2.05, 4.69) is 23.3 Å². The molecule has 2 unspecified atom stereocenters. The van der Waals surface area contributed by atoms with Crippen molar-refractivity contribution in [1.29, 1.82) is 5.26 Å². The molecule has 1 aliphatic carbocycles. The van der Waals surface area contributed by atoms with Crippen LogP contribution in [0, 0.1) is 11.3 Å². The molecule has 0 aliphatic heterocycles. The van der Waals surface area contributed by atoms with E-state index in [0.717, 1.165) is 21.8 Å². The number of fused-ring (bicyclic) bond motifs is 1. The van der Waals surface area contributed by atoms with Crippen molar-refractivity contribution in [3.63, 3.8) is 0 Å². The Morgan fingerprint density at radius 2 is 2.24 bits per heavy atom. The summed E-state index contributed by atoms with van der Waals surface area (Å²) >= 11 is 2.05. The van der Waals surface area contributed by atoms with Crippen LogP contribution < -0.4 is 5.32 Å². The van der Waals surface area contributed by atoms with Gasteiger partial charge in [-0.05, 0) is 31.1 Å². The molecular weight excluding hydrogens is 278 g/mol. The SMILES string of the molecule is CCSC1CCC(Nc2c(C#N)cnc3ccccc23)C1. The maximum absolute atomic E-state index is 9.35. The van der Waals surface area contributed by atoms with E-state index < -0.39 is 0 Å². The largest absolute Gasteiger partial charge is 0.381 e. The summed E-state index contributed by atoms with van der Waals surface area (Å²) in [5.41, 5.74) is 2.53. The third kappa shape index (κ3) is 2.98. The fourth-order valence-electron chi connectivity index (χ4n) is 3.04. The molecule has 0 amide bonds. The van der Waals surface area contributed by atoms with Crippen LogP contribution in [0.4, 0.5) is 5.69 Å². The number of hydrogen-bond donors (Lipinski definition) is 1. The molecule has 2 aromatic rings. The molecule has 1 fully saturated rings. The van der Waals surface area contributed by atoms with E-state index in [1.54, 1.807) is 6.20 Å². The van der Waals surface area contributed by atoms with E-state index in [-0.39, 0.29) is 0 Å². The number of rotatable bonds is 4. The molecule has 1 saturated carbocycles. The predicted molar refractivity (Wildman–Crippen MR) is 89.6 cm³/mol. The summed E-state index contributed by atoms with van der Waals surface area (Å²) in [5, 5.41) is 14.8. The fraction of sp³-hybridized carbons (Fsp3) is 0.412. The molecule has 0 saturated heterocycles. The average Bonchev–Trinajstić information content (AvgIpc) is 2.95. The number of nitrogens with zero attached hydrogens (tertiary/aromatic N) is 2. The zero-order chi connectivity index (χ0) is 14.7. The topological polar surface area (TPSA) is 48.7 Å². The number of thioether (sulfide) groups is 1.